The van der Waals surface area contributed by atoms with Gasteiger partial charge >= 0.3 is 6.09 Å². The van der Waals surface area contributed by atoms with Gasteiger partial charge in [-0.2, -0.15) is 0 Å². The molecule has 4 nitrogen and oxygen atoms in total. The Morgan fingerprint density at radius 2 is 1.79 bits per heavy atom. The minimum Gasteiger partial charge on any atom is -0.489 e. The van der Waals surface area contributed by atoms with E-state index in [0.717, 1.165) is 29.7 Å². The van der Waals surface area contributed by atoms with Crippen LogP contribution in [0.4, 0.5) is 4.79 Å². The van der Waals surface area contributed by atoms with Crippen LogP contribution >= 0.6 is 0 Å². The van der Waals surface area contributed by atoms with Crippen molar-refractivity contribution in [2.75, 3.05) is 7.11 Å². The van der Waals surface area contributed by atoms with Crippen LogP contribution in [0.1, 0.15) is 36.9 Å². The molecule has 1 fully saturated rings. The van der Waals surface area contributed by atoms with Crippen LogP contribution in [0.3, 0.4) is 0 Å². The van der Waals surface area contributed by atoms with Gasteiger partial charge in [-0.25, -0.2) is 4.79 Å². The quantitative estimate of drug-likeness (QED) is 0.827. The molecule has 1 heterocycles. The lowest BCUT2D eigenvalue weighted by molar-refractivity contribution is 0.105. The van der Waals surface area contributed by atoms with E-state index in [0.29, 0.717) is 6.61 Å². The second-order valence-corrected chi connectivity index (χ2v) is 6.13. The second kappa shape index (κ2) is 7.39. The molecule has 3 rings (SSSR count). The van der Waals surface area contributed by atoms with Gasteiger partial charge in [0.2, 0.25) is 0 Å². The smallest absolute Gasteiger partial charge is 0.410 e. The van der Waals surface area contributed by atoms with Crippen LogP contribution in [-0.4, -0.2) is 24.1 Å². The van der Waals surface area contributed by atoms with Crippen LogP contribution in [0, 0.1) is 0 Å². The lowest BCUT2D eigenvalue weighted by Gasteiger charge is -2.28. The molecule has 4 heteroatoms. The lowest BCUT2D eigenvalue weighted by Crippen LogP contribution is -2.35. The first-order valence-corrected chi connectivity index (χ1v) is 8.32. The normalized spacial score (nSPS) is 20.0. The fourth-order valence-corrected chi connectivity index (χ4v) is 3.32. The van der Waals surface area contributed by atoms with Crippen molar-refractivity contribution in [1.29, 1.82) is 0 Å². The first kappa shape index (κ1) is 16.4. The molecule has 2 aromatic carbocycles. The van der Waals surface area contributed by atoms with Crippen molar-refractivity contribution in [3.8, 4) is 5.75 Å². The van der Waals surface area contributed by atoms with Gasteiger partial charge in [-0.05, 0) is 31.4 Å². The highest BCUT2D eigenvalue weighted by Crippen LogP contribution is 2.40. The van der Waals surface area contributed by atoms with Crippen LogP contribution in [0.25, 0.3) is 0 Å². The fraction of sp³-hybridized carbons (Fsp3) is 0.350. The van der Waals surface area contributed by atoms with Gasteiger partial charge in [-0.15, -0.1) is 0 Å². The SMILES string of the molecule is COC(=O)N1C(C)CC[C@H]1c1ccccc1OCc1ccccc1. The summed E-state index contributed by atoms with van der Waals surface area (Å²) in [6, 6.07) is 18.2. The Labute approximate surface area is 143 Å². The Kier molecular flexibility index (Phi) is 5.04. The average molecular weight is 325 g/mol. The molecule has 1 aliphatic rings. The maximum atomic E-state index is 12.2. The third kappa shape index (κ3) is 3.37. The van der Waals surface area contributed by atoms with E-state index in [1.165, 1.54) is 7.11 Å². The number of carbonyl (C=O) groups is 1. The van der Waals surface area contributed by atoms with Crippen LogP contribution < -0.4 is 4.74 Å². The molecule has 0 saturated carbocycles. The predicted molar refractivity (Wildman–Crippen MR) is 92.9 cm³/mol. The van der Waals surface area contributed by atoms with E-state index in [4.69, 9.17) is 9.47 Å². The van der Waals surface area contributed by atoms with Crippen molar-refractivity contribution in [2.45, 2.75) is 38.5 Å². The van der Waals surface area contributed by atoms with Crippen molar-refractivity contribution >= 4 is 6.09 Å². The maximum absolute atomic E-state index is 12.2. The number of methoxy groups -OCH3 is 1. The summed E-state index contributed by atoms with van der Waals surface area (Å²) in [6.45, 7) is 2.57. The molecule has 126 valence electrons. The summed E-state index contributed by atoms with van der Waals surface area (Å²) in [7, 11) is 1.43. The van der Waals surface area contributed by atoms with E-state index in [1.807, 2.05) is 59.5 Å². The first-order chi connectivity index (χ1) is 11.7. The van der Waals surface area contributed by atoms with E-state index in [2.05, 4.69) is 6.92 Å². The zero-order chi connectivity index (χ0) is 16.9. The van der Waals surface area contributed by atoms with Gasteiger partial charge < -0.3 is 9.47 Å². The molecule has 1 aliphatic heterocycles. The molecule has 0 radical (unpaired) electrons. The highest BCUT2D eigenvalue weighted by Gasteiger charge is 2.37. The Morgan fingerprint density at radius 3 is 2.54 bits per heavy atom. The number of rotatable bonds is 4. The van der Waals surface area contributed by atoms with E-state index < -0.39 is 0 Å². The summed E-state index contributed by atoms with van der Waals surface area (Å²) in [5.74, 6) is 0.828. The van der Waals surface area contributed by atoms with Gasteiger partial charge in [0.25, 0.3) is 0 Å². The molecule has 1 amide bonds. The lowest BCUT2D eigenvalue weighted by atomic mass is 10.0. The van der Waals surface area contributed by atoms with Crippen molar-refractivity contribution in [2.24, 2.45) is 0 Å². The van der Waals surface area contributed by atoms with Crippen LogP contribution in [0.15, 0.2) is 54.6 Å². The zero-order valence-corrected chi connectivity index (χ0v) is 14.1. The third-order valence-corrected chi connectivity index (χ3v) is 4.57. The summed E-state index contributed by atoms with van der Waals surface area (Å²) >= 11 is 0. The van der Waals surface area contributed by atoms with Crippen molar-refractivity contribution < 1.29 is 14.3 Å². The number of hydrogen-bond acceptors (Lipinski definition) is 3. The summed E-state index contributed by atoms with van der Waals surface area (Å²) in [4.78, 5) is 14.0. The molecule has 24 heavy (non-hydrogen) atoms. The number of para-hydroxylation sites is 1. The number of hydrogen-bond donors (Lipinski definition) is 0. The highest BCUT2D eigenvalue weighted by molar-refractivity contribution is 5.69. The van der Waals surface area contributed by atoms with Gasteiger partial charge in [0.15, 0.2) is 0 Å². The van der Waals surface area contributed by atoms with Gasteiger partial charge in [0, 0.05) is 11.6 Å². The Balaban J connectivity index is 1.82. The number of likely N-dealkylation sites (tertiary alicyclic amines) is 1. The molecule has 0 aromatic heterocycles. The molecular formula is C20H23NO3. The predicted octanol–water partition coefficient (Wildman–Crippen LogP) is 4.56. The van der Waals surface area contributed by atoms with E-state index in [9.17, 15) is 4.79 Å². The van der Waals surface area contributed by atoms with Gasteiger partial charge in [-0.1, -0.05) is 48.5 Å². The summed E-state index contributed by atoms with van der Waals surface area (Å²) < 4.78 is 11.0. The zero-order valence-electron chi connectivity index (χ0n) is 14.1. The maximum Gasteiger partial charge on any atom is 0.410 e. The number of ether oxygens (including phenoxy) is 2. The number of carbonyl (C=O) groups excluding carboxylic acids is 1. The van der Waals surface area contributed by atoms with E-state index in [1.54, 1.807) is 0 Å². The van der Waals surface area contributed by atoms with Crippen LogP contribution in [-0.2, 0) is 11.3 Å². The molecule has 2 atom stereocenters. The minimum absolute atomic E-state index is 0.000534. The summed E-state index contributed by atoms with van der Waals surface area (Å²) in [6.07, 6.45) is 1.61. The van der Waals surface area contributed by atoms with Crippen molar-refractivity contribution in [3.63, 3.8) is 0 Å². The summed E-state index contributed by atoms with van der Waals surface area (Å²) in [5, 5.41) is 0. The number of benzene rings is 2. The average Bonchev–Trinajstić information content (AvgIpc) is 3.02. The second-order valence-electron chi connectivity index (χ2n) is 6.13. The minimum atomic E-state index is -0.275. The standard InChI is InChI=1S/C20H23NO3/c1-15-12-13-18(21(15)20(22)23-2)17-10-6-7-11-19(17)24-14-16-8-4-3-5-9-16/h3-11,15,18H,12-14H2,1-2H3/t15?,18-/m0/s1. The molecule has 1 unspecified atom stereocenters. The molecule has 2 aromatic rings. The van der Waals surface area contributed by atoms with Crippen LogP contribution in [0.5, 0.6) is 5.75 Å². The third-order valence-electron chi connectivity index (χ3n) is 4.57. The van der Waals surface area contributed by atoms with E-state index >= 15 is 0 Å². The van der Waals surface area contributed by atoms with E-state index in [-0.39, 0.29) is 18.2 Å². The first-order valence-electron chi connectivity index (χ1n) is 8.32. The van der Waals surface area contributed by atoms with Crippen molar-refractivity contribution in [1.82, 2.24) is 4.90 Å². The molecular weight excluding hydrogens is 302 g/mol. The largest absolute Gasteiger partial charge is 0.489 e. The Bertz CT molecular complexity index is 686. The summed E-state index contributed by atoms with van der Waals surface area (Å²) in [5.41, 5.74) is 2.17. The molecule has 0 N–H and O–H groups in total. The molecule has 0 spiro atoms. The number of amides is 1. The highest BCUT2D eigenvalue weighted by atomic mass is 16.5. The van der Waals surface area contributed by atoms with Gasteiger partial charge in [0.1, 0.15) is 12.4 Å². The van der Waals surface area contributed by atoms with Gasteiger partial charge in [-0.3, -0.25) is 4.90 Å². The molecule has 0 bridgehead atoms. The topological polar surface area (TPSA) is 38.8 Å². The number of nitrogens with zero attached hydrogens (tertiary/aromatic N) is 1. The Morgan fingerprint density at radius 1 is 1.08 bits per heavy atom. The van der Waals surface area contributed by atoms with Crippen molar-refractivity contribution in [3.05, 3.63) is 65.7 Å². The monoisotopic (exact) mass is 325 g/mol. The Hall–Kier alpha value is -2.49. The molecule has 1 saturated heterocycles. The van der Waals surface area contributed by atoms with Gasteiger partial charge in [0.05, 0.1) is 13.2 Å². The fourth-order valence-electron chi connectivity index (χ4n) is 3.32. The van der Waals surface area contributed by atoms with Crippen LogP contribution in [0.2, 0.25) is 0 Å². The molecule has 0 aliphatic carbocycles.